The van der Waals surface area contributed by atoms with E-state index < -0.39 is 53.3 Å². The van der Waals surface area contributed by atoms with Crippen LogP contribution in [0.15, 0.2) is 0 Å². The number of carbonyl (C=O) groups excluding carboxylic acids is 1. The van der Waals surface area contributed by atoms with E-state index in [1.54, 1.807) is 0 Å². The Hall–Kier alpha value is -1.38. The molecule has 0 bridgehead atoms. The predicted octanol–water partition coefficient (Wildman–Crippen LogP) is -1.23. The lowest BCUT2D eigenvalue weighted by atomic mass is 9.89. The largest absolute Gasteiger partial charge is 0.481 e. The van der Waals surface area contributed by atoms with E-state index in [2.05, 4.69) is 10.2 Å². The second-order valence-corrected chi connectivity index (χ2v) is 5.55. The minimum atomic E-state index is -1.76. The quantitative estimate of drug-likeness (QED) is 0.401. The van der Waals surface area contributed by atoms with Crippen molar-refractivity contribution in [1.82, 2.24) is 10.2 Å². The molecular weight excluding hydrogens is 292 g/mol. The van der Waals surface area contributed by atoms with Crippen molar-refractivity contribution in [3.8, 4) is 0 Å². The van der Waals surface area contributed by atoms with Crippen LogP contribution >= 0.6 is 11.8 Å². The molecule has 20 heavy (non-hydrogen) atoms. The van der Waals surface area contributed by atoms with Crippen molar-refractivity contribution in [3.63, 3.8) is 0 Å². The van der Waals surface area contributed by atoms with Crippen molar-refractivity contribution < 1.29 is 29.7 Å². The van der Waals surface area contributed by atoms with Crippen LogP contribution in [0.5, 0.6) is 0 Å². The summed E-state index contributed by atoms with van der Waals surface area (Å²) in [5, 5.41) is 30.6. The number of hydrogen-bond acceptors (Lipinski definition) is 5. The molecule has 6 atom stereocenters. The van der Waals surface area contributed by atoms with Gasteiger partial charge in [-0.3, -0.25) is 9.59 Å². The molecule has 112 valence electrons. The van der Waals surface area contributed by atoms with E-state index in [0.29, 0.717) is 0 Å². The van der Waals surface area contributed by atoms with E-state index in [1.165, 1.54) is 6.92 Å². The Morgan fingerprint density at radius 1 is 1.35 bits per heavy atom. The molecule has 2 saturated carbocycles. The minimum Gasteiger partial charge on any atom is -0.481 e. The molecule has 2 aliphatic carbocycles. The monoisotopic (exact) mass is 306 g/mol. The lowest BCUT2D eigenvalue weighted by Gasteiger charge is -2.30. The molecule has 0 radical (unpaired) electrons. The minimum absolute atomic E-state index is 0.206. The van der Waals surface area contributed by atoms with E-state index in [4.69, 9.17) is 16.9 Å². The summed E-state index contributed by atoms with van der Waals surface area (Å²) in [5.74, 6) is -5.56. The van der Waals surface area contributed by atoms with Crippen molar-refractivity contribution in [2.45, 2.75) is 31.0 Å². The van der Waals surface area contributed by atoms with Gasteiger partial charge in [-0.15, -0.1) is 0 Å². The van der Waals surface area contributed by atoms with Gasteiger partial charge in [0.05, 0.1) is 18.1 Å². The molecule has 5 N–H and O–H groups in total. The molecular formula is C11H15ClN2O6. The van der Waals surface area contributed by atoms with Crippen molar-refractivity contribution in [2.24, 2.45) is 17.8 Å². The highest BCUT2D eigenvalue weighted by atomic mass is 35.5. The van der Waals surface area contributed by atoms with Gasteiger partial charge < -0.3 is 20.6 Å². The lowest BCUT2D eigenvalue weighted by molar-refractivity contribution is -0.150. The smallest absolute Gasteiger partial charge is 0.329 e. The van der Waals surface area contributed by atoms with Gasteiger partial charge in [0.1, 0.15) is 5.54 Å². The van der Waals surface area contributed by atoms with Crippen LogP contribution in [0.2, 0.25) is 0 Å². The maximum Gasteiger partial charge on any atom is 0.329 e. The van der Waals surface area contributed by atoms with Gasteiger partial charge in [-0.1, -0.05) is 0 Å². The first-order valence-corrected chi connectivity index (χ1v) is 6.46. The molecule has 0 aromatic carbocycles. The summed E-state index contributed by atoms with van der Waals surface area (Å²) in [6.07, 6.45) is -1.26. The topological polar surface area (TPSA) is 136 Å². The standard InChI is InChI=1S/C11H15ClN2O6/c1-3(14-12)8(16)13-11(10(19)20)2-4(15)5-6(7(5)11)9(17)18/h3-7,14-15H,2H2,1H3,(H,13,16)(H,17,18)(H,19,20)/t3-,4-,5-,6-,7-,11-/m0/s1. The Kier molecular flexibility index (Phi) is 3.66. The van der Waals surface area contributed by atoms with Gasteiger partial charge in [0.25, 0.3) is 0 Å². The average molecular weight is 307 g/mol. The van der Waals surface area contributed by atoms with E-state index in [1.807, 2.05) is 0 Å². The molecule has 2 rings (SSSR count). The third-order valence-electron chi connectivity index (χ3n) is 4.19. The Morgan fingerprint density at radius 3 is 2.35 bits per heavy atom. The molecule has 2 aliphatic rings. The molecule has 2 fully saturated rings. The van der Waals surface area contributed by atoms with Gasteiger partial charge >= 0.3 is 11.9 Å². The maximum atomic E-state index is 11.8. The number of aliphatic hydroxyl groups excluding tert-OH is 1. The van der Waals surface area contributed by atoms with Crippen LogP contribution in [0.25, 0.3) is 0 Å². The number of carboxylic acid groups (broad SMARTS) is 2. The molecule has 0 unspecified atom stereocenters. The normalized spacial score (nSPS) is 39.8. The number of nitrogens with one attached hydrogen (secondary N) is 2. The van der Waals surface area contributed by atoms with Crippen LogP contribution in [0, 0.1) is 17.8 Å². The lowest BCUT2D eigenvalue weighted by Crippen LogP contribution is -2.59. The van der Waals surface area contributed by atoms with Crippen LogP contribution in [-0.4, -0.2) is 50.9 Å². The number of rotatable bonds is 5. The van der Waals surface area contributed by atoms with Gasteiger partial charge in [-0.2, -0.15) is 0 Å². The number of aliphatic hydroxyl groups is 1. The zero-order chi connectivity index (χ0) is 15.2. The van der Waals surface area contributed by atoms with Gasteiger partial charge in [-0.25, -0.2) is 9.63 Å². The first kappa shape index (κ1) is 15.0. The van der Waals surface area contributed by atoms with Gasteiger partial charge in [0.15, 0.2) is 0 Å². The average Bonchev–Trinajstić information content (AvgIpc) is 3.06. The zero-order valence-electron chi connectivity index (χ0n) is 10.5. The first-order chi connectivity index (χ1) is 9.26. The molecule has 0 aliphatic heterocycles. The highest BCUT2D eigenvalue weighted by Gasteiger charge is 2.75. The molecule has 0 heterocycles. The molecule has 9 heteroatoms. The van der Waals surface area contributed by atoms with Gasteiger partial charge in [0.2, 0.25) is 5.91 Å². The fourth-order valence-electron chi connectivity index (χ4n) is 3.16. The summed E-state index contributed by atoms with van der Waals surface area (Å²) in [4.78, 5) is 36.6. The van der Waals surface area contributed by atoms with Gasteiger partial charge in [-0.05, 0) is 18.7 Å². The Morgan fingerprint density at radius 2 is 1.95 bits per heavy atom. The molecule has 0 spiro atoms. The SMILES string of the molecule is C[C@H](NCl)C(=O)N[C@@]1(C(=O)O)C[C@H](O)[C@H]2[C@H](C(=O)O)[C@H]21. The predicted molar refractivity (Wildman–Crippen MR) is 65.7 cm³/mol. The van der Waals surface area contributed by atoms with Crippen molar-refractivity contribution >= 4 is 29.6 Å². The molecule has 0 aromatic rings. The second-order valence-electron chi connectivity index (χ2n) is 5.34. The number of amides is 1. The summed E-state index contributed by atoms with van der Waals surface area (Å²) in [5.41, 5.74) is -1.76. The number of halogens is 1. The number of aliphatic carboxylic acids is 2. The molecule has 0 saturated heterocycles. The van der Waals surface area contributed by atoms with E-state index in [-0.39, 0.29) is 6.42 Å². The Balaban J connectivity index is 2.26. The van der Waals surface area contributed by atoms with Crippen molar-refractivity contribution in [2.75, 3.05) is 0 Å². The number of carbonyl (C=O) groups is 3. The van der Waals surface area contributed by atoms with E-state index in [9.17, 15) is 24.6 Å². The fourth-order valence-corrected chi connectivity index (χ4v) is 3.26. The van der Waals surface area contributed by atoms with Crippen molar-refractivity contribution in [3.05, 3.63) is 0 Å². The van der Waals surface area contributed by atoms with Crippen LogP contribution in [0.3, 0.4) is 0 Å². The summed E-state index contributed by atoms with van der Waals surface area (Å²) < 4.78 is 0. The Bertz CT molecular complexity index is 472. The maximum absolute atomic E-state index is 11.8. The highest BCUT2D eigenvalue weighted by molar-refractivity contribution is 6.15. The van der Waals surface area contributed by atoms with Crippen LogP contribution in [0.4, 0.5) is 0 Å². The first-order valence-electron chi connectivity index (χ1n) is 6.08. The molecule has 0 aromatic heterocycles. The highest BCUT2D eigenvalue weighted by Crippen LogP contribution is 2.62. The summed E-state index contributed by atoms with van der Waals surface area (Å²) in [7, 11) is 0. The molecule has 1 amide bonds. The van der Waals surface area contributed by atoms with E-state index >= 15 is 0 Å². The van der Waals surface area contributed by atoms with Crippen LogP contribution in [-0.2, 0) is 14.4 Å². The fraction of sp³-hybridized carbons (Fsp3) is 0.727. The summed E-state index contributed by atoms with van der Waals surface area (Å²) in [6.45, 7) is 1.43. The molecule has 8 nitrogen and oxygen atoms in total. The third-order valence-corrected chi connectivity index (χ3v) is 4.52. The van der Waals surface area contributed by atoms with E-state index in [0.717, 1.165) is 0 Å². The van der Waals surface area contributed by atoms with Crippen molar-refractivity contribution in [1.29, 1.82) is 0 Å². The number of fused-ring (bicyclic) bond motifs is 1. The zero-order valence-corrected chi connectivity index (χ0v) is 11.3. The Labute approximate surface area is 119 Å². The third kappa shape index (κ3) is 2.04. The number of hydrogen-bond donors (Lipinski definition) is 5. The summed E-state index contributed by atoms with van der Waals surface area (Å²) >= 11 is 5.31. The number of carboxylic acids is 2. The van der Waals surface area contributed by atoms with Crippen LogP contribution < -0.4 is 10.2 Å². The van der Waals surface area contributed by atoms with Crippen LogP contribution in [0.1, 0.15) is 13.3 Å². The second kappa shape index (κ2) is 4.87. The van der Waals surface area contributed by atoms with Gasteiger partial charge in [0, 0.05) is 18.3 Å². The summed E-state index contributed by atoms with van der Waals surface area (Å²) in [6, 6.07) is -0.842.